The van der Waals surface area contributed by atoms with Gasteiger partial charge in [-0.25, -0.2) is 9.98 Å². The number of methoxy groups -OCH3 is 1. The lowest BCUT2D eigenvalue weighted by Gasteiger charge is -2.22. The van der Waals surface area contributed by atoms with Crippen molar-refractivity contribution in [2.24, 2.45) is 4.99 Å². The van der Waals surface area contributed by atoms with Crippen LogP contribution in [0.2, 0.25) is 0 Å². The van der Waals surface area contributed by atoms with Gasteiger partial charge in [-0.1, -0.05) is 0 Å². The van der Waals surface area contributed by atoms with Gasteiger partial charge >= 0.3 is 0 Å². The van der Waals surface area contributed by atoms with E-state index in [4.69, 9.17) is 4.74 Å². The van der Waals surface area contributed by atoms with E-state index in [0.29, 0.717) is 6.54 Å². The molecule has 1 heterocycles. The van der Waals surface area contributed by atoms with Crippen LogP contribution in [-0.2, 0) is 6.54 Å². The highest BCUT2D eigenvalue weighted by Gasteiger charge is 2.07. The number of aliphatic imine (C=N–C) groups is 1. The van der Waals surface area contributed by atoms with Gasteiger partial charge in [0.05, 0.1) is 19.3 Å². The van der Waals surface area contributed by atoms with Gasteiger partial charge in [-0.2, -0.15) is 0 Å². The predicted octanol–water partition coefficient (Wildman–Crippen LogP) is 2.80. The average Bonchev–Trinajstić information content (AvgIpc) is 2.95. The van der Waals surface area contributed by atoms with E-state index in [-0.39, 0.29) is 0 Å². The normalized spacial score (nSPS) is 10.2. The summed E-state index contributed by atoms with van der Waals surface area (Å²) in [6.07, 6.45) is 0. The maximum Gasteiger partial charge on any atom is 0.195 e. The highest BCUT2D eigenvalue weighted by Crippen LogP contribution is 2.25. The molecule has 0 saturated carbocycles. The number of benzene rings is 1. The molecule has 0 bridgehead atoms. The van der Waals surface area contributed by atoms with Crippen molar-refractivity contribution in [3.63, 3.8) is 0 Å². The lowest BCUT2D eigenvalue weighted by atomic mass is 10.2. The van der Waals surface area contributed by atoms with Crippen LogP contribution in [0.3, 0.4) is 0 Å². The average molecular weight is 318 g/mol. The molecule has 0 amide bonds. The lowest BCUT2D eigenvalue weighted by molar-refractivity contribution is 0.415. The van der Waals surface area contributed by atoms with E-state index in [9.17, 15) is 0 Å². The van der Waals surface area contributed by atoms with Crippen LogP contribution < -0.4 is 4.74 Å². The first kappa shape index (κ1) is 16.3. The van der Waals surface area contributed by atoms with Crippen LogP contribution in [0.25, 0.3) is 10.6 Å². The summed E-state index contributed by atoms with van der Waals surface area (Å²) in [5.74, 6) is 1.78. The van der Waals surface area contributed by atoms with Crippen LogP contribution in [0.15, 0.2) is 34.6 Å². The molecular weight excluding hydrogens is 296 g/mol. The number of aromatic nitrogens is 1. The van der Waals surface area contributed by atoms with Crippen LogP contribution in [0.1, 0.15) is 5.69 Å². The minimum atomic E-state index is 0.582. The Hall–Kier alpha value is -2.08. The van der Waals surface area contributed by atoms with Crippen molar-refractivity contribution in [1.29, 1.82) is 0 Å². The largest absolute Gasteiger partial charge is 0.497 e. The van der Waals surface area contributed by atoms with Crippen molar-refractivity contribution in [2.75, 3.05) is 35.3 Å². The van der Waals surface area contributed by atoms with Crippen LogP contribution in [0.5, 0.6) is 5.75 Å². The van der Waals surface area contributed by atoms with Crippen molar-refractivity contribution >= 4 is 17.3 Å². The van der Waals surface area contributed by atoms with E-state index in [0.717, 1.165) is 28.0 Å². The first-order chi connectivity index (χ1) is 10.5. The van der Waals surface area contributed by atoms with Crippen LogP contribution in [0, 0.1) is 0 Å². The molecule has 0 atom stereocenters. The van der Waals surface area contributed by atoms with Gasteiger partial charge in [0.15, 0.2) is 5.96 Å². The van der Waals surface area contributed by atoms with Crippen molar-refractivity contribution in [2.45, 2.75) is 6.54 Å². The van der Waals surface area contributed by atoms with Crippen LogP contribution in [-0.4, -0.2) is 56.0 Å². The van der Waals surface area contributed by atoms with E-state index >= 15 is 0 Å². The third kappa shape index (κ3) is 3.98. The highest BCUT2D eigenvalue weighted by molar-refractivity contribution is 7.13. The lowest BCUT2D eigenvalue weighted by Crippen LogP contribution is -2.35. The molecule has 5 nitrogen and oxygen atoms in total. The smallest absolute Gasteiger partial charge is 0.195 e. The minimum Gasteiger partial charge on any atom is -0.497 e. The van der Waals surface area contributed by atoms with Gasteiger partial charge in [0.25, 0.3) is 0 Å². The second-order valence-electron chi connectivity index (χ2n) is 5.28. The van der Waals surface area contributed by atoms with Crippen molar-refractivity contribution < 1.29 is 4.74 Å². The molecule has 22 heavy (non-hydrogen) atoms. The van der Waals surface area contributed by atoms with E-state index < -0.39 is 0 Å². The number of hydrogen-bond donors (Lipinski definition) is 0. The summed E-state index contributed by atoms with van der Waals surface area (Å²) in [5.41, 5.74) is 2.08. The molecule has 1 aromatic carbocycles. The number of nitrogens with zero attached hydrogens (tertiary/aromatic N) is 4. The molecule has 118 valence electrons. The molecule has 0 spiro atoms. The number of rotatable bonds is 4. The van der Waals surface area contributed by atoms with Gasteiger partial charge in [-0.15, -0.1) is 11.3 Å². The fraction of sp³-hybridized carbons (Fsp3) is 0.375. The zero-order valence-electron chi connectivity index (χ0n) is 13.7. The third-order valence-electron chi connectivity index (χ3n) is 3.07. The Labute approximate surface area is 135 Å². The second-order valence-corrected chi connectivity index (χ2v) is 6.14. The van der Waals surface area contributed by atoms with Gasteiger partial charge < -0.3 is 14.5 Å². The third-order valence-corrected chi connectivity index (χ3v) is 4.01. The first-order valence-electron chi connectivity index (χ1n) is 6.99. The molecule has 0 aliphatic heterocycles. The molecule has 0 saturated heterocycles. The summed E-state index contributed by atoms with van der Waals surface area (Å²) < 4.78 is 5.18. The summed E-state index contributed by atoms with van der Waals surface area (Å²) in [4.78, 5) is 13.3. The van der Waals surface area contributed by atoms with Crippen molar-refractivity contribution in [3.8, 4) is 16.3 Å². The summed E-state index contributed by atoms with van der Waals surface area (Å²) in [6.45, 7) is 0.582. The molecule has 0 unspecified atom stereocenters. The quantitative estimate of drug-likeness (QED) is 0.642. The maximum absolute atomic E-state index is 5.18. The van der Waals surface area contributed by atoms with Gasteiger partial charge in [0, 0.05) is 39.1 Å². The first-order valence-corrected chi connectivity index (χ1v) is 7.87. The number of ether oxygens (including phenoxy) is 1. The number of thiazole rings is 1. The van der Waals surface area contributed by atoms with Gasteiger partial charge in [0.2, 0.25) is 0 Å². The molecular formula is C16H22N4OS. The number of guanidine groups is 1. The Morgan fingerprint density at radius 2 is 1.77 bits per heavy atom. The Balaban J connectivity index is 2.12. The molecule has 0 aliphatic carbocycles. The Bertz CT molecular complexity index is 622. The Kier molecular flexibility index (Phi) is 5.38. The van der Waals surface area contributed by atoms with E-state index in [1.165, 1.54) is 0 Å². The maximum atomic E-state index is 5.18. The molecule has 2 rings (SSSR count). The zero-order chi connectivity index (χ0) is 16.1. The van der Waals surface area contributed by atoms with E-state index in [1.54, 1.807) is 18.4 Å². The van der Waals surface area contributed by atoms with Gasteiger partial charge in [0.1, 0.15) is 10.8 Å². The highest BCUT2D eigenvalue weighted by atomic mass is 32.1. The molecule has 1 aromatic heterocycles. The Morgan fingerprint density at radius 3 is 2.32 bits per heavy atom. The van der Waals surface area contributed by atoms with Gasteiger partial charge in [-0.05, 0) is 24.3 Å². The molecule has 6 heteroatoms. The summed E-state index contributed by atoms with van der Waals surface area (Å²) >= 11 is 1.64. The number of hydrogen-bond acceptors (Lipinski definition) is 4. The minimum absolute atomic E-state index is 0.582. The topological polar surface area (TPSA) is 41.0 Å². The molecule has 2 aromatic rings. The Morgan fingerprint density at radius 1 is 1.14 bits per heavy atom. The SMILES string of the molecule is COc1ccc(-c2nc(CN=C(N(C)C)N(C)C)cs2)cc1. The summed E-state index contributed by atoms with van der Waals surface area (Å²) in [5, 5.41) is 3.07. The fourth-order valence-electron chi connectivity index (χ4n) is 2.08. The van der Waals surface area contributed by atoms with Crippen molar-refractivity contribution in [3.05, 3.63) is 35.3 Å². The predicted molar refractivity (Wildman–Crippen MR) is 92.6 cm³/mol. The summed E-state index contributed by atoms with van der Waals surface area (Å²) in [6, 6.07) is 7.95. The van der Waals surface area contributed by atoms with E-state index in [1.807, 2.05) is 62.3 Å². The van der Waals surface area contributed by atoms with Crippen molar-refractivity contribution in [1.82, 2.24) is 14.8 Å². The molecule has 0 fully saturated rings. The second kappa shape index (κ2) is 7.26. The standard InChI is InChI=1S/C16H22N4OS/c1-19(2)16(20(3)4)17-10-13-11-22-15(18-13)12-6-8-14(21-5)9-7-12/h6-9,11H,10H2,1-5H3. The monoisotopic (exact) mass is 318 g/mol. The molecule has 0 aliphatic rings. The van der Waals surface area contributed by atoms with Crippen LogP contribution in [0.4, 0.5) is 0 Å². The molecule has 0 N–H and O–H groups in total. The van der Waals surface area contributed by atoms with E-state index in [2.05, 4.69) is 15.4 Å². The summed E-state index contributed by atoms with van der Waals surface area (Å²) in [7, 11) is 9.62. The van der Waals surface area contributed by atoms with Gasteiger partial charge in [-0.3, -0.25) is 0 Å². The zero-order valence-corrected chi connectivity index (χ0v) is 14.5. The molecule has 0 radical (unpaired) electrons. The fourth-order valence-corrected chi connectivity index (χ4v) is 2.90. The van der Waals surface area contributed by atoms with Crippen LogP contribution >= 0.6 is 11.3 Å².